The van der Waals surface area contributed by atoms with E-state index in [4.69, 9.17) is 25.2 Å². The Kier molecular flexibility index (Phi) is 8.19. The fourth-order valence-corrected chi connectivity index (χ4v) is 4.66. The number of rotatable bonds is 10. The summed E-state index contributed by atoms with van der Waals surface area (Å²) in [7, 11) is 3.48. The van der Waals surface area contributed by atoms with Crippen molar-refractivity contribution in [3.8, 4) is 0 Å². The van der Waals surface area contributed by atoms with E-state index < -0.39 is 15.8 Å². The Morgan fingerprint density at radius 1 is 1.32 bits per heavy atom. The number of hydrogen-bond acceptors (Lipinski definition) is 5. The van der Waals surface area contributed by atoms with E-state index in [0.717, 1.165) is 11.6 Å². The van der Waals surface area contributed by atoms with Gasteiger partial charge in [-0.05, 0) is 53.4 Å². The molecule has 0 saturated carbocycles. The molecule has 0 fully saturated rings. The summed E-state index contributed by atoms with van der Waals surface area (Å²) in [6.45, 7) is 4.66. The van der Waals surface area contributed by atoms with Crippen LogP contribution in [0.4, 0.5) is 10.2 Å². The Hall–Kier alpha value is -3.08. The van der Waals surface area contributed by atoms with Gasteiger partial charge in [0, 0.05) is 31.4 Å². The number of nitrogens with zero attached hydrogens (tertiary/aromatic N) is 3. The molecule has 1 aromatic heterocycles. The van der Waals surface area contributed by atoms with Gasteiger partial charge in [0.15, 0.2) is 0 Å². The lowest BCUT2D eigenvalue weighted by Gasteiger charge is -2.18. The molecule has 1 heterocycles. The van der Waals surface area contributed by atoms with Gasteiger partial charge < -0.3 is 11.1 Å². The van der Waals surface area contributed by atoms with Gasteiger partial charge in [0.2, 0.25) is 10.0 Å². The number of nitrogens with one attached hydrogen (secondary N) is 1. The van der Waals surface area contributed by atoms with Gasteiger partial charge in [-0.15, -0.1) is 0 Å². The molecule has 0 amide bonds. The van der Waals surface area contributed by atoms with Crippen LogP contribution >= 0.6 is 11.6 Å². The molecule has 7 nitrogen and oxygen atoms in total. The van der Waals surface area contributed by atoms with Crippen molar-refractivity contribution in [2.75, 3.05) is 25.9 Å². The van der Waals surface area contributed by atoms with E-state index in [1.54, 1.807) is 12.1 Å². The lowest BCUT2D eigenvalue weighted by molar-refractivity contribution is 0.458. The van der Waals surface area contributed by atoms with E-state index in [2.05, 4.69) is 17.0 Å². The summed E-state index contributed by atoms with van der Waals surface area (Å²) in [6.07, 6.45) is 3.61. The van der Waals surface area contributed by atoms with Gasteiger partial charge in [-0.1, -0.05) is 42.4 Å². The van der Waals surface area contributed by atoms with Crippen LogP contribution in [-0.2, 0) is 10.0 Å². The quantitative estimate of drug-likeness (QED) is 0.254. The van der Waals surface area contributed by atoms with Crippen molar-refractivity contribution in [1.29, 1.82) is 0 Å². The van der Waals surface area contributed by atoms with Crippen molar-refractivity contribution in [3.05, 3.63) is 83.8 Å². The van der Waals surface area contributed by atoms with Crippen LogP contribution < -0.4 is 16.5 Å². The molecule has 0 atom stereocenters. The molecule has 0 spiro atoms. The Morgan fingerprint density at radius 2 is 2.06 bits per heavy atom. The van der Waals surface area contributed by atoms with Crippen molar-refractivity contribution in [3.63, 3.8) is 0 Å². The largest absolute Gasteiger partial charge is 0.384 e. The highest BCUT2D eigenvalue weighted by molar-refractivity contribution is 7.89. The van der Waals surface area contributed by atoms with E-state index in [0.29, 0.717) is 34.8 Å². The molecule has 3 rings (SSSR count). The molecule has 0 aliphatic carbocycles. The monoisotopic (exact) mass is 499 g/mol. The SMILES string of the molecule is [B]c1cnn(/C(=C\C(=C)c2ccccc2Cl)NCCCN(C)S(=O)(=O)c2cccc(F)c2)c1N. The summed E-state index contributed by atoms with van der Waals surface area (Å²) in [5.74, 6) is 0.132. The third kappa shape index (κ3) is 5.88. The summed E-state index contributed by atoms with van der Waals surface area (Å²) >= 11 is 6.29. The first-order chi connectivity index (χ1) is 16.1. The lowest BCUT2D eigenvalue weighted by atomic mass is 10.0. The molecule has 0 unspecified atom stereocenters. The van der Waals surface area contributed by atoms with Crippen LogP contribution in [0.1, 0.15) is 12.0 Å². The van der Waals surface area contributed by atoms with Crippen molar-refractivity contribution >= 4 is 52.1 Å². The molecule has 0 saturated heterocycles. The normalized spacial score (nSPS) is 12.2. The Bertz CT molecular complexity index is 1330. The summed E-state index contributed by atoms with van der Waals surface area (Å²) in [5.41, 5.74) is 7.73. The third-order valence-electron chi connectivity index (χ3n) is 5.06. The first-order valence-electron chi connectivity index (χ1n) is 10.3. The van der Waals surface area contributed by atoms with Crippen molar-refractivity contribution in [1.82, 2.24) is 19.4 Å². The van der Waals surface area contributed by atoms with E-state index in [-0.39, 0.29) is 17.3 Å². The minimum atomic E-state index is -3.81. The van der Waals surface area contributed by atoms with E-state index in [1.807, 2.05) is 18.2 Å². The number of allylic oxidation sites excluding steroid dienone is 2. The van der Waals surface area contributed by atoms with Crippen LogP contribution in [0.15, 0.2) is 72.3 Å². The molecule has 2 radical (unpaired) electrons. The maximum absolute atomic E-state index is 13.5. The van der Waals surface area contributed by atoms with Crippen LogP contribution in [0, 0.1) is 5.82 Å². The second kappa shape index (κ2) is 10.9. The van der Waals surface area contributed by atoms with E-state index >= 15 is 0 Å². The number of benzene rings is 2. The van der Waals surface area contributed by atoms with Crippen LogP contribution in [0.2, 0.25) is 5.02 Å². The van der Waals surface area contributed by atoms with Crippen LogP contribution in [-0.4, -0.2) is 50.5 Å². The lowest BCUT2D eigenvalue weighted by Crippen LogP contribution is -2.30. The average molecular weight is 500 g/mol. The van der Waals surface area contributed by atoms with Gasteiger partial charge in [-0.25, -0.2) is 21.8 Å². The Labute approximate surface area is 205 Å². The number of halogens is 2. The molecule has 34 heavy (non-hydrogen) atoms. The van der Waals surface area contributed by atoms with Crippen LogP contribution in [0.3, 0.4) is 0 Å². The number of nitrogen functional groups attached to an aromatic ring is 1. The van der Waals surface area contributed by atoms with Crippen molar-refractivity contribution in [2.24, 2.45) is 0 Å². The summed E-state index contributed by atoms with van der Waals surface area (Å²) < 4.78 is 41.4. The average Bonchev–Trinajstić information content (AvgIpc) is 3.14. The van der Waals surface area contributed by atoms with Gasteiger partial charge >= 0.3 is 0 Å². The molecule has 3 aromatic rings. The van der Waals surface area contributed by atoms with Gasteiger partial charge in [0.1, 0.15) is 25.3 Å². The fourth-order valence-electron chi connectivity index (χ4n) is 3.16. The predicted octanol–water partition coefficient (Wildman–Crippen LogP) is 2.86. The Morgan fingerprint density at radius 3 is 2.71 bits per heavy atom. The van der Waals surface area contributed by atoms with Crippen LogP contribution in [0.5, 0.6) is 0 Å². The topological polar surface area (TPSA) is 93.2 Å². The van der Waals surface area contributed by atoms with E-state index in [9.17, 15) is 12.8 Å². The molecule has 0 bridgehead atoms. The molecule has 0 aliphatic rings. The van der Waals surface area contributed by atoms with Gasteiger partial charge in [-0.2, -0.15) is 5.10 Å². The first-order valence-corrected chi connectivity index (χ1v) is 12.1. The third-order valence-corrected chi connectivity index (χ3v) is 7.24. The zero-order valence-electron chi connectivity index (χ0n) is 18.6. The summed E-state index contributed by atoms with van der Waals surface area (Å²) in [6, 6.07) is 12.2. The van der Waals surface area contributed by atoms with Crippen LogP contribution in [0.25, 0.3) is 11.4 Å². The molecule has 3 N–H and O–H groups in total. The molecule has 11 heteroatoms. The number of anilines is 1. The van der Waals surface area contributed by atoms with Gasteiger partial charge in [0.25, 0.3) is 0 Å². The number of aromatic nitrogens is 2. The van der Waals surface area contributed by atoms with Crippen molar-refractivity contribution < 1.29 is 12.8 Å². The summed E-state index contributed by atoms with van der Waals surface area (Å²) in [5, 5.41) is 7.95. The minimum Gasteiger partial charge on any atom is -0.384 e. The maximum Gasteiger partial charge on any atom is 0.242 e. The fraction of sp³-hybridized carbons (Fsp3) is 0.174. The predicted molar refractivity (Wildman–Crippen MR) is 136 cm³/mol. The highest BCUT2D eigenvalue weighted by atomic mass is 35.5. The number of sulfonamides is 1. The molecular formula is C23H24BClFN5O2S. The highest BCUT2D eigenvalue weighted by Gasteiger charge is 2.20. The zero-order chi connectivity index (χ0) is 24.9. The second-order valence-electron chi connectivity index (χ2n) is 7.50. The Balaban J connectivity index is 1.72. The molecular weight excluding hydrogens is 476 g/mol. The first kappa shape index (κ1) is 25.5. The number of nitrogens with two attached hydrogens (primary N) is 1. The standard InChI is InChI=1S/C23H24BClFN5O2S/c1-16(19-9-3-4-10-21(19)25)13-22(31-23(27)20(24)15-29-31)28-11-6-12-30(2)34(32,33)18-8-5-7-17(26)14-18/h3-5,7-10,13-15,28H,1,6,11-12,27H2,2H3/b22-13-. The highest BCUT2D eigenvalue weighted by Crippen LogP contribution is 2.24. The molecule has 0 aliphatic heterocycles. The van der Waals surface area contributed by atoms with Gasteiger partial charge in [-0.3, -0.25) is 0 Å². The second-order valence-corrected chi connectivity index (χ2v) is 9.95. The molecule has 176 valence electrons. The number of hydrogen-bond donors (Lipinski definition) is 2. The van der Waals surface area contributed by atoms with Crippen molar-refractivity contribution in [2.45, 2.75) is 11.3 Å². The summed E-state index contributed by atoms with van der Waals surface area (Å²) in [4.78, 5) is -0.0978. The maximum atomic E-state index is 13.5. The smallest absolute Gasteiger partial charge is 0.242 e. The zero-order valence-corrected chi connectivity index (χ0v) is 20.2. The van der Waals surface area contributed by atoms with E-state index in [1.165, 1.54) is 40.4 Å². The minimum absolute atomic E-state index is 0.0978. The molecule has 2 aromatic carbocycles. The van der Waals surface area contributed by atoms with Gasteiger partial charge in [0.05, 0.1) is 4.90 Å².